The molecule has 2 nitrogen and oxygen atoms in total. The van der Waals surface area contributed by atoms with Gasteiger partial charge in [-0.15, -0.1) is 0 Å². The number of hydrogen-bond acceptors (Lipinski definition) is 2. The molecule has 0 saturated heterocycles. The minimum atomic E-state index is -0.356. The topological polar surface area (TPSA) is 34.1 Å². The molecule has 1 radical (unpaired) electrons. The van der Waals surface area contributed by atoms with Gasteiger partial charge in [-0.25, -0.2) is 4.21 Å². The summed E-state index contributed by atoms with van der Waals surface area (Å²) in [6, 6.07) is 8.58. The van der Waals surface area contributed by atoms with Gasteiger partial charge in [0.15, 0.2) is 0 Å². The molecule has 0 aliphatic heterocycles. The summed E-state index contributed by atoms with van der Waals surface area (Å²) in [7, 11) is 0. The maximum atomic E-state index is 10.9. The monoisotopic (exact) mass is 165 g/mol. The highest BCUT2D eigenvalue weighted by atomic mass is 32.1. The molecule has 3 heteroatoms. The Bertz CT molecular complexity index is 299. The van der Waals surface area contributed by atoms with Gasteiger partial charge in [-0.2, -0.15) is 0 Å². The minimum absolute atomic E-state index is 0.0550. The maximum absolute atomic E-state index is 10.9. The van der Waals surface area contributed by atoms with Gasteiger partial charge in [0.05, 0.1) is 0 Å². The molecule has 0 saturated carbocycles. The lowest BCUT2D eigenvalue weighted by molar-refractivity contribution is 0.107. The molecule has 0 spiro atoms. The van der Waals surface area contributed by atoms with Crippen LogP contribution in [0, 0.1) is 0 Å². The fourth-order valence-corrected chi connectivity index (χ4v) is 0.880. The standard InChI is InChI=1S/C8H5O2S/c9-8(6-11-10)7-4-2-1-3-5-7/h1-5H. The highest BCUT2D eigenvalue weighted by Crippen LogP contribution is 1.96. The number of ketones is 1. The van der Waals surface area contributed by atoms with Gasteiger partial charge in [0.1, 0.15) is 16.6 Å². The van der Waals surface area contributed by atoms with Crippen LogP contribution in [0.3, 0.4) is 0 Å². The summed E-state index contributed by atoms with van der Waals surface area (Å²) >= 11 is 0.0550. The fourth-order valence-electron chi connectivity index (χ4n) is 0.686. The first-order chi connectivity index (χ1) is 5.34. The lowest BCUT2D eigenvalue weighted by atomic mass is 10.2. The lowest BCUT2D eigenvalue weighted by Crippen LogP contribution is -1.98. The molecule has 0 unspecified atom stereocenters. The Morgan fingerprint density at radius 3 is 2.45 bits per heavy atom. The Morgan fingerprint density at radius 2 is 1.91 bits per heavy atom. The number of benzene rings is 1. The van der Waals surface area contributed by atoms with Gasteiger partial charge in [0.25, 0.3) is 0 Å². The van der Waals surface area contributed by atoms with E-state index in [9.17, 15) is 9.00 Å². The molecule has 11 heavy (non-hydrogen) atoms. The van der Waals surface area contributed by atoms with Crippen LogP contribution < -0.4 is 0 Å². The van der Waals surface area contributed by atoms with E-state index in [1.165, 1.54) is 0 Å². The van der Waals surface area contributed by atoms with Crippen molar-refractivity contribution in [3.05, 3.63) is 35.9 Å². The molecule has 0 atom stereocenters. The van der Waals surface area contributed by atoms with Crippen LogP contribution in [0.2, 0.25) is 0 Å². The summed E-state index contributed by atoms with van der Waals surface area (Å²) in [6.07, 6.45) is 0. The van der Waals surface area contributed by atoms with Crippen LogP contribution in [0.1, 0.15) is 10.4 Å². The van der Waals surface area contributed by atoms with Crippen molar-refractivity contribution in [2.75, 3.05) is 0 Å². The highest BCUT2D eigenvalue weighted by molar-refractivity contribution is 7.66. The second-order valence-electron chi connectivity index (χ2n) is 1.88. The third kappa shape index (κ3) is 2.13. The molecule has 0 amide bonds. The first kappa shape index (κ1) is 7.88. The third-order valence-corrected chi connectivity index (χ3v) is 1.44. The molecular weight excluding hydrogens is 160 g/mol. The van der Waals surface area contributed by atoms with Gasteiger partial charge < -0.3 is 0 Å². The van der Waals surface area contributed by atoms with Gasteiger partial charge in [-0.05, 0) is 0 Å². The third-order valence-electron chi connectivity index (χ3n) is 1.17. The summed E-state index contributed by atoms with van der Waals surface area (Å²) in [4.78, 5) is 10.9. The van der Waals surface area contributed by atoms with Gasteiger partial charge in [0, 0.05) is 5.56 Å². The Hall–Kier alpha value is -1.22. The average Bonchev–Trinajstić information content (AvgIpc) is 2.07. The zero-order chi connectivity index (χ0) is 8.10. The van der Waals surface area contributed by atoms with Crippen molar-refractivity contribution >= 4 is 22.4 Å². The van der Waals surface area contributed by atoms with Crippen LogP contribution >= 0.6 is 0 Å². The van der Waals surface area contributed by atoms with E-state index < -0.39 is 0 Å². The number of carbonyl (C=O) groups excluding carboxylic acids is 1. The van der Waals surface area contributed by atoms with Gasteiger partial charge in [-0.3, -0.25) is 4.79 Å². The molecule has 1 rings (SSSR count). The van der Waals surface area contributed by atoms with Crippen molar-refractivity contribution in [2.45, 2.75) is 0 Å². The Balaban J connectivity index is 2.94. The van der Waals surface area contributed by atoms with Crippen molar-refractivity contribution in [3.8, 4) is 0 Å². The molecule has 1 aromatic rings. The van der Waals surface area contributed by atoms with E-state index in [0.29, 0.717) is 5.56 Å². The summed E-state index contributed by atoms with van der Waals surface area (Å²) < 4.78 is 9.90. The van der Waals surface area contributed by atoms with Gasteiger partial charge >= 0.3 is 0 Å². The van der Waals surface area contributed by atoms with Crippen LogP contribution in [0.5, 0.6) is 0 Å². The SMILES string of the molecule is O=S=[C]C(=O)c1ccccc1. The average molecular weight is 165 g/mol. The number of carbonyl (C=O) groups is 1. The van der Waals surface area contributed by atoms with Crippen molar-refractivity contribution in [1.82, 2.24) is 0 Å². The van der Waals surface area contributed by atoms with E-state index in [1.54, 1.807) is 30.3 Å². The smallest absolute Gasteiger partial charge is 0.207 e. The van der Waals surface area contributed by atoms with E-state index >= 15 is 0 Å². The van der Waals surface area contributed by atoms with E-state index in [0.717, 1.165) is 0 Å². The summed E-state index contributed by atoms with van der Waals surface area (Å²) in [5.74, 6) is -0.356. The Morgan fingerprint density at radius 1 is 1.27 bits per heavy atom. The number of Topliss-reactive ketones (excluding diaryl/α,β-unsaturated/α-hetero) is 1. The van der Waals surface area contributed by atoms with E-state index in [2.05, 4.69) is 5.37 Å². The van der Waals surface area contributed by atoms with E-state index in [-0.39, 0.29) is 17.0 Å². The van der Waals surface area contributed by atoms with Crippen molar-refractivity contribution < 1.29 is 9.00 Å². The molecule has 0 N–H and O–H groups in total. The largest absolute Gasteiger partial charge is 0.288 e. The fraction of sp³-hybridized carbons (Fsp3) is 0. The van der Waals surface area contributed by atoms with Crippen LogP contribution in [-0.2, 0) is 11.3 Å². The normalized spacial score (nSPS) is 8.73. The van der Waals surface area contributed by atoms with Crippen molar-refractivity contribution in [2.24, 2.45) is 0 Å². The van der Waals surface area contributed by atoms with Crippen molar-refractivity contribution in [3.63, 3.8) is 0 Å². The van der Waals surface area contributed by atoms with Crippen LogP contribution in [0.15, 0.2) is 30.3 Å². The van der Waals surface area contributed by atoms with Gasteiger partial charge in [-0.1, -0.05) is 30.3 Å². The first-order valence-corrected chi connectivity index (χ1v) is 3.73. The molecule has 0 aromatic heterocycles. The van der Waals surface area contributed by atoms with E-state index in [4.69, 9.17) is 0 Å². The quantitative estimate of drug-likeness (QED) is 0.479. The van der Waals surface area contributed by atoms with Crippen LogP contribution in [0.25, 0.3) is 0 Å². The van der Waals surface area contributed by atoms with Crippen LogP contribution in [-0.4, -0.2) is 15.4 Å². The highest BCUT2D eigenvalue weighted by Gasteiger charge is 1.99. The predicted octanol–water partition coefficient (Wildman–Crippen LogP) is 0.761. The summed E-state index contributed by atoms with van der Waals surface area (Å²) in [5.41, 5.74) is 0.496. The maximum Gasteiger partial charge on any atom is 0.207 e. The molecular formula is C8H5O2S. The van der Waals surface area contributed by atoms with Gasteiger partial charge in [0.2, 0.25) is 5.78 Å². The minimum Gasteiger partial charge on any atom is -0.288 e. The Kier molecular flexibility index (Phi) is 2.74. The molecule has 1 aromatic carbocycles. The lowest BCUT2D eigenvalue weighted by Gasteiger charge is -1.89. The summed E-state index contributed by atoms with van der Waals surface area (Å²) in [6.45, 7) is 0. The first-order valence-electron chi connectivity index (χ1n) is 2.99. The second kappa shape index (κ2) is 3.83. The molecule has 0 aliphatic rings. The van der Waals surface area contributed by atoms with E-state index in [1.807, 2.05) is 0 Å². The molecule has 0 bridgehead atoms. The zero-order valence-electron chi connectivity index (χ0n) is 5.61. The zero-order valence-corrected chi connectivity index (χ0v) is 6.43. The second-order valence-corrected chi connectivity index (χ2v) is 2.25. The molecule has 55 valence electrons. The Labute approximate surface area is 67.9 Å². The molecule has 0 fully saturated rings. The van der Waals surface area contributed by atoms with Crippen molar-refractivity contribution in [1.29, 1.82) is 0 Å². The predicted molar refractivity (Wildman–Crippen MR) is 43.9 cm³/mol. The number of rotatable bonds is 2. The molecule has 0 aliphatic carbocycles. The van der Waals surface area contributed by atoms with Crippen LogP contribution in [0.4, 0.5) is 0 Å². The number of hydrogen-bond donors (Lipinski definition) is 0. The summed E-state index contributed by atoms with van der Waals surface area (Å²) in [5, 5.41) is 2.08. The molecule has 0 heterocycles.